The van der Waals surface area contributed by atoms with E-state index in [-0.39, 0.29) is 6.10 Å². The number of aliphatic hydroxyl groups is 1. The summed E-state index contributed by atoms with van der Waals surface area (Å²) in [6.07, 6.45) is 5.78. The van der Waals surface area contributed by atoms with Gasteiger partial charge in [0.2, 0.25) is 0 Å². The third-order valence-corrected chi connectivity index (χ3v) is 4.33. The maximum absolute atomic E-state index is 10.1. The Morgan fingerprint density at radius 2 is 2.00 bits per heavy atom. The first-order valence-electron chi connectivity index (χ1n) is 6.96. The fourth-order valence-electron chi connectivity index (χ4n) is 2.82. The van der Waals surface area contributed by atoms with E-state index >= 15 is 0 Å². The molecule has 0 aromatic heterocycles. The van der Waals surface area contributed by atoms with Crippen LogP contribution in [0.5, 0.6) is 0 Å². The minimum absolute atomic E-state index is 0.100. The van der Waals surface area contributed by atoms with Crippen LogP contribution in [0.2, 0.25) is 0 Å². The van der Waals surface area contributed by atoms with Gasteiger partial charge in [0.15, 0.2) is 0 Å². The van der Waals surface area contributed by atoms with Crippen molar-refractivity contribution in [3.8, 4) is 0 Å². The molecule has 0 radical (unpaired) electrons. The van der Waals surface area contributed by atoms with Crippen molar-refractivity contribution in [2.45, 2.75) is 65.0 Å². The molecule has 1 rings (SSSR count). The predicted molar refractivity (Wildman–Crippen MR) is 69.5 cm³/mol. The molecule has 0 amide bonds. The van der Waals surface area contributed by atoms with Crippen molar-refractivity contribution >= 4 is 0 Å². The lowest BCUT2D eigenvalue weighted by Gasteiger charge is -2.39. The van der Waals surface area contributed by atoms with Gasteiger partial charge in [0.05, 0.1) is 6.10 Å². The second-order valence-corrected chi connectivity index (χ2v) is 5.68. The first-order chi connectivity index (χ1) is 7.58. The molecule has 0 spiro atoms. The smallest absolute Gasteiger partial charge is 0.0695 e. The minimum Gasteiger partial charge on any atom is -0.391 e. The number of hydrogen-bond acceptors (Lipinski definition) is 2. The molecule has 16 heavy (non-hydrogen) atoms. The summed E-state index contributed by atoms with van der Waals surface area (Å²) in [7, 11) is 2.18. The monoisotopic (exact) mass is 227 g/mol. The molecule has 2 heteroatoms. The molecule has 0 heterocycles. The van der Waals surface area contributed by atoms with Crippen LogP contribution in [-0.2, 0) is 0 Å². The molecule has 1 fully saturated rings. The predicted octanol–water partition coefficient (Wildman–Crippen LogP) is 2.90. The molecule has 4 atom stereocenters. The normalized spacial score (nSPS) is 33.0. The average Bonchev–Trinajstić information content (AvgIpc) is 2.29. The van der Waals surface area contributed by atoms with Crippen LogP contribution in [0.3, 0.4) is 0 Å². The Morgan fingerprint density at radius 3 is 2.56 bits per heavy atom. The van der Waals surface area contributed by atoms with Gasteiger partial charge in [-0.1, -0.05) is 33.6 Å². The second kappa shape index (κ2) is 6.61. The molecule has 0 aromatic rings. The van der Waals surface area contributed by atoms with Crippen LogP contribution in [-0.4, -0.2) is 35.7 Å². The average molecular weight is 227 g/mol. The van der Waals surface area contributed by atoms with Gasteiger partial charge in [-0.3, -0.25) is 0 Å². The van der Waals surface area contributed by atoms with Gasteiger partial charge in [-0.25, -0.2) is 0 Å². The zero-order valence-electron chi connectivity index (χ0n) is 11.4. The molecule has 1 aliphatic carbocycles. The van der Waals surface area contributed by atoms with Crippen molar-refractivity contribution in [2.24, 2.45) is 11.8 Å². The summed E-state index contributed by atoms with van der Waals surface area (Å²) in [5.41, 5.74) is 0. The number of aliphatic hydroxyl groups excluding tert-OH is 1. The van der Waals surface area contributed by atoms with Gasteiger partial charge in [-0.15, -0.1) is 0 Å². The second-order valence-electron chi connectivity index (χ2n) is 5.68. The molecular weight excluding hydrogens is 198 g/mol. The molecule has 1 saturated carbocycles. The van der Waals surface area contributed by atoms with E-state index in [1.165, 1.54) is 25.7 Å². The van der Waals surface area contributed by atoms with Gasteiger partial charge in [0.1, 0.15) is 0 Å². The van der Waals surface area contributed by atoms with Crippen LogP contribution in [0.4, 0.5) is 0 Å². The molecular formula is C14H29NO. The fraction of sp³-hybridized carbons (Fsp3) is 1.00. The Hall–Kier alpha value is -0.0800. The molecule has 4 unspecified atom stereocenters. The van der Waals surface area contributed by atoms with Gasteiger partial charge in [-0.05, 0) is 38.1 Å². The van der Waals surface area contributed by atoms with Gasteiger partial charge in [0.25, 0.3) is 0 Å². The van der Waals surface area contributed by atoms with Crippen molar-refractivity contribution in [1.82, 2.24) is 4.90 Å². The zero-order chi connectivity index (χ0) is 12.1. The Bertz CT molecular complexity index is 195. The highest BCUT2D eigenvalue weighted by atomic mass is 16.3. The standard InChI is InChI=1S/C14H29NO/c1-5-11(3)10-15(4)13-9-12(6-2)7-8-14(13)16/h11-14,16H,5-10H2,1-4H3. The number of rotatable bonds is 5. The fourth-order valence-corrected chi connectivity index (χ4v) is 2.82. The highest BCUT2D eigenvalue weighted by molar-refractivity contribution is 4.85. The quantitative estimate of drug-likeness (QED) is 0.780. The first-order valence-corrected chi connectivity index (χ1v) is 6.96. The third kappa shape index (κ3) is 3.74. The summed E-state index contributed by atoms with van der Waals surface area (Å²) in [6, 6.07) is 0.396. The number of likely N-dealkylation sites (N-methyl/N-ethyl adjacent to an activating group) is 1. The molecule has 96 valence electrons. The minimum atomic E-state index is -0.100. The van der Waals surface area contributed by atoms with E-state index in [2.05, 4.69) is 32.7 Å². The molecule has 0 aliphatic heterocycles. The van der Waals surface area contributed by atoms with Gasteiger partial charge >= 0.3 is 0 Å². The van der Waals surface area contributed by atoms with E-state index in [1.54, 1.807) is 0 Å². The van der Waals surface area contributed by atoms with Crippen molar-refractivity contribution in [3.05, 3.63) is 0 Å². The maximum atomic E-state index is 10.1. The molecule has 2 nitrogen and oxygen atoms in total. The number of hydrogen-bond donors (Lipinski definition) is 1. The van der Waals surface area contributed by atoms with Crippen molar-refractivity contribution in [1.29, 1.82) is 0 Å². The topological polar surface area (TPSA) is 23.5 Å². The van der Waals surface area contributed by atoms with E-state index in [4.69, 9.17) is 0 Å². The van der Waals surface area contributed by atoms with Gasteiger partial charge < -0.3 is 10.0 Å². The molecule has 1 N–H and O–H groups in total. The van der Waals surface area contributed by atoms with E-state index in [9.17, 15) is 5.11 Å². The largest absolute Gasteiger partial charge is 0.391 e. The molecule has 1 aliphatic rings. The van der Waals surface area contributed by atoms with E-state index in [1.807, 2.05) is 0 Å². The highest BCUT2D eigenvalue weighted by Crippen LogP contribution is 2.30. The summed E-state index contributed by atoms with van der Waals surface area (Å²) in [4.78, 5) is 2.39. The van der Waals surface area contributed by atoms with Gasteiger partial charge in [-0.2, -0.15) is 0 Å². The summed E-state index contributed by atoms with van der Waals surface area (Å²) >= 11 is 0. The summed E-state index contributed by atoms with van der Waals surface area (Å²) in [6.45, 7) is 7.93. The maximum Gasteiger partial charge on any atom is 0.0695 e. The lowest BCUT2D eigenvalue weighted by atomic mass is 9.81. The van der Waals surface area contributed by atoms with Crippen molar-refractivity contribution in [3.63, 3.8) is 0 Å². The summed E-state index contributed by atoms with van der Waals surface area (Å²) in [5.74, 6) is 1.56. The van der Waals surface area contributed by atoms with E-state index in [0.717, 1.165) is 24.8 Å². The lowest BCUT2D eigenvalue weighted by molar-refractivity contribution is 0.00865. The van der Waals surface area contributed by atoms with E-state index < -0.39 is 0 Å². The van der Waals surface area contributed by atoms with E-state index in [0.29, 0.717) is 6.04 Å². The highest BCUT2D eigenvalue weighted by Gasteiger charge is 2.31. The Morgan fingerprint density at radius 1 is 1.31 bits per heavy atom. The molecule has 0 saturated heterocycles. The van der Waals surface area contributed by atoms with Crippen LogP contribution < -0.4 is 0 Å². The Balaban J connectivity index is 2.48. The zero-order valence-corrected chi connectivity index (χ0v) is 11.4. The van der Waals surface area contributed by atoms with Crippen LogP contribution in [0, 0.1) is 11.8 Å². The lowest BCUT2D eigenvalue weighted by Crippen LogP contribution is -2.46. The SMILES string of the molecule is CCC(C)CN(C)C1CC(CC)CCC1O. The number of nitrogens with zero attached hydrogens (tertiary/aromatic N) is 1. The summed E-state index contributed by atoms with van der Waals surface area (Å²) < 4.78 is 0. The summed E-state index contributed by atoms with van der Waals surface area (Å²) in [5, 5.41) is 10.1. The molecule has 0 bridgehead atoms. The first kappa shape index (κ1) is 14.0. The van der Waals surface area contributed by atoms with Crippen LogP contribution in [0.25, 0.3) is 0 Å². The van der Waals surface area contributed by atoms with Crippen molar-refractivity contribution in [2.75, 3.05) is 13.6 Å². The van der Waals surface area contributed by atoms with Crippen molar-refractivity contribution < 1.29 is 5.11 Å². The van der Waals surface area contributed by atoms with Gasteiger partial charge in [0, 0.05) is 12.6 Å². The van der Waals surface area contributed by atoms with Crippen LogP contribution in [0.1, 0.15) is 52.9 Å². The third-order valence-electron chi connectivity index (χ3n) is 4.33. The Kier molecular flexibility index (Phi) is 5.77. The van der Waals surface area contributed by atoms with Crippen LogP contribution >= 0.6 is 0 Å². The Labute approximate surface area is 101 Å². The van der Waals surface area contributed by atoms with Crippen LogP contribution in [0.15, 0.2) is 0 Å². The molecule has 0 aromatic carbocycles.